The SMILES string of the molecule is CCCCc1cccc(OCc2ccccc2)c1O[C@H](C)CO. The predicted molar refractivity (Wildman–Crippen MR) is 93.0 cm³/mol. The van der Waals surface area contributed by atoms with Crippen LogP contribution in [0.4, 0.5) is 0 Å². The van der Waals surface area contributed by atoms with E-state index in [1.54, 1.807) is 0 Å². The molecule has 0 unspecified atom stereocenters. The molecule has 3 nitrogen and oxygen atoms in total. The highest BCUT2D eigenvalue weighted by Gasteiger charge is 2.14. The lowest BCUT2D eigenvalue weighted by molar-refractivity contribution is 0.123. The zero-order valence-electron chi connectivity index (χ0n) is 14.0. The molecule has 2 aromatic rings. The van der Waals surface area contributed by atoms with Crippen LogP contribution in [0.2, 0.25) is 0 Å². The summed E-state index contributed by atoms with van der Waals surface area (Å²) in [4.78, 5) is 0. The minimum absolute atomic E-state index is 0.0137. The highest BCUT2D eigenvalue weighted by atomic mass is 16.5. The van der Waals surface area contributed by atoms with Crippen molar-refractivity contribution in [3.8, 4) is 11.5 Å². The number of hydrogen-bond acceptors (Lipinski definition) is 3. The van der Waals surface area contributed by atoms with Crippen LogP contribution in [0.1, 0.15) is 37.8 Å². The predicted octanol–water partition coefficient (Wildman–Crippen LogP) is 4.37. The Balaban J connectivity index is 2.18. The Morgan fingerprint density at radius 1 is 1.04 bits per heavy atom. The smallest absolute Gasteiger partial charge is 0.164 e. The molecule has 0 bridgehead atoms. The molecule has 3 heteroatoms. The number of benzene rings is 2. The van der Waals surface area contributed by atoms with Crippen LogP contribution in [0.25, 0.3) is 0 Å². The van der Waals surface area contributed by atoms with Crippen LogP contribution in [-0.2, 0) is 13.0 Å². The van der Waals surface area contributed by atoms with Gasteiger partial charge >= 0.3 is 0 Å². The quantitative estimate of drug-likeness (QED) is 0.747. The van der Waals surface area contributed by atoms with Gasteiger partial charge < -0.3 is 14.6 Å². The fraction of sp³-hybridized carbons (Fsp3) is 0.400. The van der Waals surface area contributed by atoms with Crippen LogP contribution in [0.3, 0.4) is 0 Å². The molecule has 0 aliphatic carbocycles. The van der Waals surface area contributed by atoms with E-state index >= 15 is 0 Å². The largest absolute Gasteiger partial charge is 0.485 e. The van der Waals surface area contributed by atoms with Crippen molar-refractivity contribution in [2.24, 2.45) is 0 Å². The number of rotatable bonds is 9. The Morgan fingerprint density at radius 3 is 2.52 bits per heavy atom. The first-order chi connectivity index (χ1) is 11.2. The molecule has 1 atom stereocenters. The fourth-order valence-electron chi connectivity index (χ4n) is 2.35. The van der Waals surface area contributed by atoms with Gasteiger partial charge in [-0.05, 0) is 37.0 Å². The molecule has 0 aliphatic heterocycles. The molecular formula is C20H26O3. The molecule has 0 aromatic heterocycles. The highest BCUT2D eigenvalue weighted by Crippen LogP contribution is 2.33. The van der Waals surface area contributed by atoms with Gasteiger partial charge in [0.05, 0.1) is 6.61 Å². The number of aryl methyl sites for hydroxylation is 1. The van der Waals surface area contributed by atoms with E-state index in [9.17, 15) is 5.11 Å². The zero-order valence-corrected chi connectivity index (χ0v) is 14.0. The van der Waals surface area contributed by atoms with Crippen LogP contribution < -0.4 is 9.47 Å². The van der Waals surface area contributed by atoms with Gasteiger partial charge in [0.2, 0.25) is 0 Å². The van der Waals surface area contributed by atoms with Crippen molar-refractivity contribution in [2.75, 3.05) is 6.61 Å². The van der Waals surface area contributed by atoms with Crippen molar-refractivity contribution in [2.45, 2.75) is 45.8 Å². The van der Waals surface area contributed by atoms with Gasteiger partial charge in [-0.25, -0.2) is 0 Å². The number of hydrogen-bond donors (Lipinski definition) is 1. The molecule has 23 heavy (non-hydrogen) atoms. The van der Waals surface area contributed by atoms with Crippen molar-refractivity contribution < 1.29 is 14.6 Å². The Bertz CT molecular complexity index is 581. The van der Waals surface area contributed by atoms with Crippen molar-refractivity contribution in [1.29, 1.82) is 0 Å². The summed E-state index contributed by atoms with van der Waals surface area (Å²) in [6.45, 7) is 4.52. The molecule has 0 saturated carbocycles. The number of unbranched alkanes of at least 4 members (excludes halogenated alkanes) is 1. The van der Waals surface area contributed by atoms with Crippen molar-refractivity contribution in [1.82, 2.24) is 0 Å². The summed E-state index contributed by atoms with van der Waals surface area (Å²) in [5.74, 6) is 1.50. The molecule has 0 heterocycles. The first-order valence-corrected chi connectivity index (χ1v) is 8.30. The van der Waals surface area contributed by atoms with Crippen LogP contribution in [0.5, 0.6) is 11.5 Å². The summed E-state index contributed by atoms with van der Waals surface area (Å²) < 4.78 is 11.9. The van der Waals surface area contributed by atoms with Gasteiger partial charge in [-0.1, -0.05) is 55.8 Å². The van der Waals surface area contributed by atoms with Crippen LogP contribution in [-0.4, -0.2) is 17.8 Å². The minimum Gasteiger partial charge on any atom is -0.485 e. The van der Waals surface area contributed by atoms with E-state index < -0.39 is 0 Å². The molecule has 0 amide bonds. The summed E-state index contributed by atoms with van der Waals surface area (Å²) in [6, 6.07) is 16.1. The van der Waals surface area contributed by atoms with E-state index in [-0.39, 0.29) is 12.7 Å². The molecule has 2 aromatic carbocycles. The summed E-state index contributed by atoms with van der Waals surface area (Å²) in [5, 5.41) is 9.30. The third-order valence-corrected chi connectivity index (χ3v) is 3.67. The molecule has 0 radical (unpaired) electrons. The third-order valence-electron chi connectivity index (χ3n) is 3.67. The van der Waals surface area contributed by atoms with Crippen molar-refractivity contribution in [3.63, 3.8) is 0 Å². The maximum Gasteiger partial charge on any atom is 0.164 e. The van der Waals surface area contributed by atoms with Gasteiger partial charge in [0.15, 0.2) is 11.5 Å². The van der Waals surface area contributed by atoms with Gasteiger partial charge in [0.1, 0.15) is 12.7 Å². The van der Waals surface area contributed by atoms with Crippen molar-refractivity contribution in [3.05, 3.63) is 59.7 Å². The van der Waals surface area contributed by atoms with E-state index in [0.29, 0.717) is 6.61 Å². The topological polar surface area (TPSA) is 38.7 Å². The second-order valence-corrected chi connectivity index (χ2v) is 5.73. The Morgan fingerprint density at radius 2 is 1.83 bits per heavy atom. The second kappa shape index (κ2) is 9.21. The monoisotopic (exact) mass is 314 g/mol. The first-order valence-electron chi connectivity index (χ1n) is 8.30. The summed E-state index contributed by atoms with van der Waals surface area (Å²) in [6.07, 6.45) is 2.93. The number of aliphatic hydroxyl groups excluding tert-OH is 1. The molecule has 0 aliphatic rings. The van der Waals surface area contributed by atoms with Crippen LogP contribution in [0.15, 0.2) is 48.5 Å². The summed E-state index contributed by atoms with van der Waals surface area (Å²) >= 11 is 0. The van der Waals surface area contributed by atoms with Gasteiger partial charge in [0, 0.05) is 0 Å². The molecule has 2 rings (SSSR count). The molecule has 0 fully saturated rings. The van der Waals surface area contributed by atoms with E-state index in [0.717, 1.165) is 41.9 Å². The number of para-hydroxylation sites is 1. The van der Waals surface area contributed by atoms with E-state index in [1.165, 1.54) is 0 Å². The van der Waals surface area contributed by atoms with Gasteiger partial charge in [-0.15, -0.1) is 0 Å². The molecule has 1 N–H and O–H groups in total. The van der Waals surface area contributed by atoms with Gasteiger partial charge in [0.25, 0.3) is 0 Å². The average Bonchev–Trinajstić information content (AvgIpc) is 2.60. The normalized spacial score (nSPS) is 12.0. The first kappa shape index (κ1) is 17.4. The lowest BCUT2D eigenvalue weighted by atomic mass is 10.1. The maximum absolute atomic E-state index is 9.30. The third kappa shape index (κ3) is 5.29. The van der Waals surface area contributed by atoms with Gasteiger partial charge in [-0.2, -0.15) is 0 Å². The summed E-state index contributed by atoms with van der Waals surface area (Å²) in [5.41, 5.74) is 2.25. The molecule has 0 saturated heterocycles. The Kier molecular flexibility index (Phi) is 6.95. The minimum atomic E-state index is -0.253. The van der Waals surface area contributed by atoms with Crippen LogP contribution >= 0.6 is 0 Å². The Hall–Kier alpha value is -2.00. The Labute approximate surface area is 138 Å². The molecule has 0 spiro atoms. The molecule has 124 valence electrons. The van der Waals surface area contributed by atoms with E-state index in [2.05, 4.69) is 13.0 Å². The number of ether oxygens (including phenoxy) is 2. The fourth-order valence-corrected chi connectivity index (χ4v) is 2.35. The maximum atomic E-state index is 9.30. The summed E-state index contributed by atoms with van der Waals surface area (Å²) in [7, 11) is 0. The van der Waals surface area contributed by atoms with Gasteiger partial charge in [-0.3, -0.25) is 0 Å². The average molecular weight is 314 g/mol. The lowest BCUT2D eigenvalue weighted by Gasteiger charge is -2.19. The van der Waals surface area contributed by atoms with E-state index in [4.69, 9.17) is 9.47 Å². The van der Waals surface area contributed by atoms with E-state index in [1.807, 2.05) is 49.4 Å². The highest BCUT2D eigenvalue weighted by molar-refractivity contribution is 5.47. The standard InChI is InChI=1S/C20H26O3/c1-3-4-11-18-12-8-13-19(20(18)23-16(2)14-21)22-15-17-9-6-5-7-10-17/h5-10,12-13,16,21H,3-4,11,14-15H2,1-2H3/t16-/m1/s1. The molecular weight excluding hydrogens is 288 g/mol. The zero-order chi connectivity index (χ0) is 16.5. The lowest BCUT2D eigenvalue weighted by Crippen LogP contribution is -2.17. The van der Waals surface area contributed by atoms with Crippen LogP contribution in [0, 0.1) is 0 Å². The van der Waals surface area contributed by atoms with Crippen molar-refractivity contribution >= 4 is 0 Å². The number of aliphatic hydroxyl groups is 1. The second-order valence-electron chi connectivity index (χ2n) is 5.73.